The first-order valence-corrected chi connectivity index (χ1v) is 12.0. The molecule has 10 heteroatoms. The van der Waals surface area contributed by atoms with Gasteiger partial charge in [0, 0.05) is 43.3 Å². The van der Waals surface area contributed by atoms with Crippen molar-refractivity contribution in [3.63, 3.8) is 0 Å². The standard InChI is InChI=1S/C23H26FN5O3S/c1-13-11-18-21(33-23(26-18)27-22(30)25-17-7-9-31-10-8-17)14(2)29(13)20-12-19(32-28-20)15-3-5-16(24)6-4-15/h3-6,12-14,17H,7-11H2,1-2H3,(H2,25,26,27,30)/t13-,14+/m1/s1. The summed E-state index contributed by atoms with van der Waals surface area (Å²) in [5, 5.41) is 10.8. The van der Waals surface area contributed by atoms with Gasteiger partial charge in [0.1, 0.15) is 5.82 Å². The summed E-state index contributed by atoms with van der Waals surface area (Å²) < 4.78 is 24.1. The SMILES string of the molecule is C[C@@H]1Cc2nc(NC(=O)NC3CCOCC3)sc2[C@H](C)N1c1cc(-c2ccc(F)cc2)on1. The third kappa shape index (κ3) is 4.58. The lowest BCUT2D eigenvalue weighted by Crippen LogP contribution is -2.41. The average molecular weight is 472 g/mol. The van der Waals surface area contributed by atoms with Gasteiger partial charge in [-0.2, -0.15) is 0 Å². The van der Waals surface area contributed by atoms with Crippen molar-refractivity contribution in [1.29, 1.82) is 0 Å². The zero-order chi connectivity index (χ0) is 22.9. The molecule has 1 fully saturated rings. The van der Waals surface area contributed by atoms with Crippen molar-refractivity contribution in [2.75, 3.05) is 23.4 Å². The molecule has 2 N–H and O–H groups in total. The van der Waals surface area contributed by atoms with Gasteiger partial charge in [-0.3, -0.25) is 5.32 Å². The molecule has 5 rings (SSSR count). The molecule has 0 saturated carbocycles. The fourth-order valence-corrected chi connectivity index (χ4v) is 5.54. The fraction of sp³-hybridized carbons (Fsp3) is 0.435. The summed E-state index contributed by atoms with van der Waals surface area (Å²) in [6, 6.07) is 8.09. The highest BCUT2D eigenvalue weighted by atomic mass is 32.1. The van der Waals surface area contributed by atoms with Gasteiger partial charge in [0.25, 0.3) is 0 Å². The lowest BCUT2D eigenvalue weighted by molar-refractivity contribution is 0.0806. The topological polar surface area (TPSA) is 92.5 Å². The van der Waals surface area contributed by atoms with Crippen molar-refractivity contribution in [3.05, 3.63) is 46.7 Å². The average Bonchev–Trinajstić information content (AvgIpc) is 3.42. The van der Waals surface area contributed by atoms with Gasteiger partial charge < -0.3 is 19.5 Å². The summed E-state index contributed by atoms with van der Waals surface area (Å²) in [7, 11) is 0. The predicted octanol–water partition coefficient (Wildman–Crippen LogP) is 4.75. The molecule has 3 aromatic rings. The highest BCUT2D eigenvalue weighted by molar-refractivity contribution is 7.16. The smallest absolute Gasteiger partial charge is 0.321 e. The Bertz CT molecular complexity index is 1130. The number of aromatic nitrogens is 2. The zero-order valence-electron chi connectivity index (χ0n) is 18.5. The van der Waals surface area contributed by atoms with E-state index in [2.05, 4.69) is 39.5 Å². The number of amides is 2. The minimum absolute atomic E-state index is 0.0153. The number of thiazole rings is 1. The second-order valence-electron chi connectivity index (χ2n) is 8.51. The first-order valence-electron chi connectivity index (χ1n) is 11.1. The fourth-order valence-electron chi connectivity index (χ4n) is 4.50. The van der Waals surface area contributed by atoms with Crippen molar-refractivity contribution in [2.24, 2.45) is 0 Å². The van der Waals surface area contributed by atoms with Gasteiger partial charge in [-0.1, -0.05) is 16.5 Å². The van der Waals surface area contributed by atoms with E-state index < -0.39 is 0 Å². The number of hydrogen-bond acceptors (Lipinski definition) is 7. The second-order valence-corrected chi connectivity index (χ2v) is 9.54. The summed E-state index contributed by atoms with van der Waals surface area (Å²) in [6.45, 7) is 5.57. The summed E-state index contributed by atoms with van der Waals surface area (Å²) in [5.41, 5.74) is 1.77. The molecule has 2 aliphatic heterocycles. The Labute approximate surface area is 195 Å². The molecule has 1 saturated heterocycles. The van der Waals surface area contributed by atoms with Crippen LogP contribution in [0, 0.1) is 5.82 Å². The number of carbonyl (C=O) groups is 1. The maximum Gasteiger partial charge on any atom is 0.321 e. The largest absolute Gasteiger partial charge is 0.381 e. The number of hydrogen-bond donors (Lipinski definition) is 2. The zero-order valence-corrected chi connectivity index (χ0v) is 19.3. The van der Waals surface area contributed by atoms with Gasteiger partial charge in [0.2, 0.25) is 0 Å². The van der Waals surface area contributed by atoms with Crippen LogP contribution in [-0.2, 0) is 11.2 Å². The van der Waals surface area contributed by atoms with Crippen LogP contribution in [0.25, 0.3) is 11.3 Å². The quantitative estimate of drug-likeness (QED) is 0.571. The Kier molecular flexibility index (Phi) is 6.03. The number of carbonyl (C=O) groups excluding carboxylic acids is 1. The number of ether oxygens (including phenoxy) is 1. The van der Waals surface area contributed by atoms with Crippen LogP contribution in [0.1, 0.15) is 43.3 Å². The van der Waals surface area contributed by atoms with E-state index in [1.807, 2.05) is 6.07 Å². The van der Waals surface area contributed by atoms with E-state index >= 15 is 0 Å². The highest BCUT2D eigenvalue weighted by Gasteiger charge is 2.34. The van der Waals surface area contributed by atoms with Crippen LogP contribution in [0.5, 0.6) is 0 Å². The van der Waals surface area contributed by atoms with Gasteiger partial charge in [-0.25, -0.2) is 14.2 Å². The summed E-state index contributed by atoms with van der Waals surface area (Å²) in [5.74, 6) is 1.02. The van der Waals surface area contributed by atoms with Crippen LogP contribution in [0.15, 0.2) is 34.9 Å². The molecule has 0 aliphatic carbocycles. The molecule has 2 atom stereocenters. The third-order valence-corrected chi connectivity index (χ3v) is 7.34. The van der Waals surface area contributed by atoms with E-state index in [4.69, 9.17) is 9.26 Å². The third-order valence-electron chi connectivity index (χ3n) is 6.16. The number of nitrogens with zero attached hydrogens (tertiary/aromatic N) is 3. The number of rotatable bonds is 4. The van der Waals surface area contributed by atoms with Crippen LogP contribution >= 0.6 is 11.3 Å². The molecule has 8 nitrogen and oxygen atoms in total. The van der Waals surface area contributed by atoms with E-state index in [1.165, 1.54) is 23.5 Å². The van der Waals surface area contributed by atoms with Gasteiger partial charge in [0.05, 0.1) is 16.6 Å². The van der Waals surface area contributed by atoms with Gasteiger partial charge in [-0.15, -0.1) is 0 Å². The lowest BCUT2D eigenvalue weighted by Gasteiger charge is -2.37. The number of fused-ring (bicyclic) bond motifs is 1. The first-order chi connectivity index (χ1) is 16.0. The van der Waals surface area contributed by atoms with Crippen LogP contribution in [-0.4, -0.2) is 41.5 Å². The summed E-state index contributed by atoms with van der Waals surface area (Å²) >= 11 is 1.49. The molecule has 1 aromatic carbocycles. The van der Waals surface area contributed by atoms with Crippen LogP contribution in [0.4, 0.5) is 20.1 Å². The van der Waals surface area contributed by atoms with E-state index in [1.54, 1.807) is 12.1 Å². The predicted molar refractivity (Wildman–Crippen MR) is 124 cm³/mol. The number of nitrogens with one attached hydrogen (secondary N) is 2. The van der Waals surface area contributed by atoms with Gasteiger partial charge in [-0.05, 0) is 51.0 Å². The van der Waals surface area contributed by atoms with Crippen molar-refractivity contribution in [1.82, 2.24) is 15.5 Å². The van der Waals surface area contributed by atoms with Gasteiger partial charge >= 0.3 is 6.03 Å². The molecular formula is C23H26FN5O3S. The van der Waals surface area contributed by atoms with Crippen LogP contribution < -0.4 is 15.5 Å². The Morgan fingerprint density at radius 2 is 1.97 bits per heavy atom. The van der Waals surface area contributed by atoms with Crippen molar-refractivity contribution in [2.45, 2.75) is 51.2 Å². The Morgan fingerprint density at radius 1 is 1.21 bits per heavy atom. The molecule has 0 spiro atoms. The van der Waals surface area contributed by atoms with Crippen molar-refractivity contribution >= 4 is 28.3 Å². The number of halogens is 1. The molecular weight excluding hydrogens is 445 g/mol. The van der Waals surface area contributed by atoms with Crippen molar-refractivity contribution < 1.29 is 18.4 Å². The monoisotopic (exact) mass is 471 g/mol. The molecule has 2 amide bonds. The van der Waals surface area contributed by atoms with E-state index in [9.17, 15) is 9.18 Å². The van der Waals surface area contributed by atoms with Crippen molar-refractivity contribution in [3.8, 4) is 11.3 Å². The highest BCUT2D eigenvalue weighted by Crippen LogP contribution is 2.41. The molecule has 4 heterocycles. The molecule has 33 heavy (non-hydrogen) atoms. The number of anilines is 2. The summed E-state index contributed by atoms with van der Waals surface area (Å²) in [6.07, 6.45) is 2.38. The summed E-state index contributed by atoms with van der Waals surface area (Å²) in [4.78, 5) is 20.4. The van der Waals surface area contributed by atoms with Gasteiger partial charge in [0.15, 0.2) is 16.7 Å². The van der Waals surface area contributed by atoms with Crippen LogP contribution in [0.2, 0.25) is 0 Å². The first kappa shape index (κ1) is 21.8. The minimum atomic E-state index is -0.291. The molecule has 0 bridgehead atoms. The normalized spacial score (nSPS) is 21.0. The number of urea groups is 1. The minimum Gasteiger partial charge on any atom is -0.381 e. The maximum absolute atomic E-state index is 13.2. The molecule has 0 radical (unpaired) electrons. The molecule has 2 aliphatic rings. The maximum atomic E-state index is 13.2. The Balaban J connectivity index is 1.30. The van der Waals surface area contributed by atoms with Crippen LogP contribution in [0.3, 0.4) is 0 Å². The Morgan fingerprint density at radius 3 is 2.73 bits per heavy atom. The molecule has 2 aromatic heterocycles. The second kappa shape index (κ2) is 9.11. The molecule has 174 valence electrons. The van der Waals surface area contributed by atoms with E-state index in [-0.39, 0.29) is 30.0 Å². The molecule has 0 unspecified atom stereocenters. The lowest BCUT2D eigenvalue weighted by atomic mass is 10.00. The van der Waals surface area contributed by atoms with E-state index in [0.29, 0.717) is 24.1 Å². The van der Waals surface area contributed by atoms with E-state index in [0.717, 1.165) is 41.2 Å². The Hall–Kier alpha value is -2.98. The number of benzene rings is 1.